The molecule has 4 rings (SSSR count). The molecule has 2 aromatic rings. The van der Waals surface area contributed by atoms with E-state index in [4.69, 9.17) is 0 Å². The van der Waals surface area contributed by atoms with E-state index in [1.807, 2.05) is 16.4 Å². The number of thioether (sulfide) groups is 1. The number of halogens is 1. The van der Waals surface area contributed by atoms with Gasteiger partial charge in [0.1, 0.15) is 0 Å². The summed E-state index contributed by atoms with van der Waals surface area (Å²) >= 11 is 4.31. The van der Waals surface area contributed by atoms with Gasteiger partial charge in [0.15, 0.2) is 0 Å². The molecule has 2 fully saturated rings. The molecular formula is C19H24IN5OS. The van der Waals surface area contributed by atoms with E-state index < -0.39 is 0 Å². The van der Waals surface area contributed by atoms with E-state index in [0.717, 1.165) is 30.8 Å². The number of hydrogen-bond donors (Lipinski definition) is 2. The molecule has 1 aromatic carbocycles. The van der Waals surface area contributed by atoms with Gasteiger partial charge in [-0.25, -0.2) is 9.48 Å². The van der Waals surface area contributed by atoms with E-state index >= 15 is 0 Å². The van der Waals surface area contributed by atoms with Crippen LogP contribution in [0.5, 0.6) is 0 Å². The Morgan fingerprint density at radius 1 is 1.19 bits per heavy atom. The van der Waals surface area contributed by atoms with Crippen LogP contribution in [0.3, 0.4) is 0 Å². The van der Waals surface area contributed by atoms with Crippen LogP contribution in [0.1, 0.15) is 36.9 Å². The van der Waals surface area contributed by atoms with Gasteiger partial charge in [-0.1, -0.05) is 30.2 Å². The van der Waals surface area contributed by atoms with Gasteiger partial charge < -0.3 is 10.6 Å². The third-order valence-electron chi connectivity index (χ3n) is 5.20. The monoisotopic (exact) mass is 497 g/mol. The predicted octanol–water partition coefficient (Wildman–Crippen LogP) is 3.20. The third-order valence-corrected chi connectivity index (χ3v) is 7.43. The van der Waals surface area contributed by atoms with E-state index in [2.05, 4.69) is 74.0 Å². The van der Waals surface area contributed by atoms with Crippen LogP contribution in [0, 0.1) is 3.57 Å². The Kier molecular flexibility index (Phi) is 6.21. The fourth-order valence-corrected chi connectivity index (χ4v) is 5.68. The molecule has 0 spiro atoms. The topological polar surface area (TPSA) is 71.8 Å². The summed E-state index contributed by atoms with van der Waals surface area (Å²) in [4.78, 5) is 11.4. The Labute approximate surface area is 177 Å². The van der Waals surface area contributed by atoms with Crippen molar-refractivity contribution in [2.75, 3.05) is 5.75 Å². The number of carbonyl (C=O) groups is 1. The van der Waals surface area contributed by atoms with E-state index in [1.165, 1.54) is 28.4 Å². The average molecular weight is 497 g/mol. The zero-order valence-corrected chi connectivity index (χ0v) is 18.1. The maximum atomic E-state index is 11.4. The number of nitrogens with one attached hydrogen (secondary N) is 2. The zero-order valence-electron chi connectivity index (χ0n) is 15.1. The van der Waals surface area contributed by atoms with Crippen LogP contribution < -0.4 is 10.6 Å². The Morgan fingerprint density at radius 3 is 2.89 bits per heavy atom. The molecule has 8 heteroatoms. The maximum absolute atomic E-state index is 11.4. The van der Waals surface area contributed by atoms with E-state index in [0.29, 0.717) is 17.3 Å². The molecule has 0 unspecified atom stereocenters. The second-order valence-electron chi connectivity index (χ2n) is 7.26. The van der Waals surface area contributed by atoms with Crippen LogP contribution in [0.2, 0.25) is 0 Å². The number of fused-ring (bicyclic) bond motifs is 1. The first kappa shape index (κ1) is 19.0. The van der Waals surface area contributed by atoms with Gasteiger partial charge in [-0.15, -0.1) is 5.10 Å². The molecule has 144 valence electrons. The van der Waals surface area contributed by atoms with Crippen molar-refractivity contribution in [1.29, 1.82) is 0 Å². The number of urea groups is 1. The van der Waals surface area contributed by atoms with Gasteiger partial charge in [0.25, 0.3) is 0 Å². The summed E-state index contributed by atoms with van der Waals surface area (Å²) in [6.45, 7) is 0.769. The number of rotatable bonds is 8. The predicted molar refractivity (Wildman–Crippen MR) is 116 cm³/mol. The van der Waals surface area contributed by atoms with Crippen LogP contribution in [0.25, 0.3) is 0 Å². The molecule has 3 atom stereocenters. The lowest BCUT2D eigenvalue weighted by Crippen LogP contribution is -2.36. The highest BCUT2D eigenvalue weighted by atomic mass is 127. The van der Waals surface area contributed by atoms with Crippen molar-refractivity contribution < 1.29 is 4.79 Å². The summed E-state index contributed by atoms with van der Waals surface area (Å²) in [5.41, 5.74) is 2.32. The number of carbonyl (C=O) groups excluding carboxylic acids is 1. The number of nitrogens with zero attached hydrogens (tertiary/aromatic N) is 3. The van der Waals surface area contributed by atoms with Gasteiger partial charge in [-0.3, -0.25) is 0 Å². The van der Waals surface area contributed by atoms with Gasteiger partial charge >= 0.3 is 6.03 Å². The number of benzene rings is 1. The average Bonchev–Trinajstić information content (AvgIpc) is 3.34. The molecular weight excluding hydrogens is 473 g/mol. The minimum atomic E-state index is 0.00336. The van der Waals surface area contributed by atoms with Gasteiger partial charge in [-0.2, -0.15) is 11.8 Å². The summed E-state index contributed by atoms with van der Waals surface area (Å²) in [6.07, 6.45) is 7.75. The molecule has 0 radical (unpaired) electrons. The highest BCUT2D eigenvalue weighted by molar-refractivity contribution is 14.1. The smallest absolute Gasteiger partial charge is 0.315 e. The van der Waals surface area contributed by atoms with Crippen LogP contribution in [0.4, 0.5) is 4.79 Å². The number of hydrogen-bond acceptors (Lipinski definition) is 4. The Hall–Kier alpha value is -1.29. The van der Waals surface area contributed by atoms with Crippen LogP contribution in [0.15, 0.2) is 30.5 Å². The van der Waals surface area contributed by atoms with Crippen LogP contribution in [-0.2, 0) is 13.0 Å². The van der Waals surface area contributed by atoms with E-state index in [1.54, 1.807) is 0 Å². The second kappa shape index (κ2) is 8.81. The van der Waals surface area contributed by atoms with Gasteiger partial charge in [0.05, 0.1) is 24.3 Å². The van der Waals surface area contributed by atoms with Gasteiger partial charge in [0.2, 0.25) is 0 Å². The molecule has 1 aromatic heterocycles. The van der Waals surface area contributed by atoms with Crippen molar-refractivity contribution in [3.05, 3.63) is 45.3 Å². The van der Waals surface area contributed by atoms with Crippen molar-refractivity contribution in [2.24, 2.45) is 0 Å². The standard InChI is InChI=1S/C19H24IN5OS/c20-14-8-6-13(7-9-14)10-25-11-15(23-24-25)4-2-1-3-5-17-18-16(12-27-17)21-19(26)22-18/h6-9,11,16-18H,1-5,10,12H2,(H2,21,22,26)/t16-,17-,18-/m0/s1. The first-order valence-corrected chi connectivity index (χ1v) is 11.6. The zero-order chi connectivity index (χ0) is 18.6. The van der Waals surface area contributed by atoms with Gasteiger partial charge in [0, 0.05) is 20.8 Å². The van der Waals surface area contributed by atoms with E-state index in [9.17, 15) is 4.79 Å². The second-order valence-corrected chi connectivity index (χ2v) is 9.77. The number of aryl methyl sites for hydroxylation is 1. The molecule has 2 amide bonds. The Balaban J connectivity index is 1.15. The molecule has 0 saturated carbocycles. The summed E-state index contributed by atoms with van der Waals surface area (Å²) in [6, 6.07) is 9.16. The molecule has 3 heterocycles. The van der Waals surface area contributed by atoms with E-state index in [-0.39, 0.29) is 6.03 Å². The quantitative estimate of drug-likeness (QED) is 0.334. The normalized spacial score (nSPS) is 23.9. The van der Waals surface area contributed by atoms with Crippen molar-refractivity contribution in [1.82, 2.24) is 25.6 Å². The maximum Gasteiger partial charge on any atom is 0.315 e. The Morgan fingerprint density at radius 2 is 2.04 bits per heavy atom. The van der Waals surface area contributed by atoms with Crippen molar-refractivity contribution in [3.8, 4) is 0 Å². The summed E-state index contributed by atoms with van der Waals surface area (Å²) in [5.74, 6) is 1.04. The molecule has 27 heavy (non-hydrogen) atoms. The fourth-order valence-electron chi connectivity index (χ4n) is 3.78. The van der Waals surface area contributed by atoms with Crippen molar-refractivity contribution >= 4 is 40.4 Å². The molecule has 2 N–H and O–H groups in total. The lowest BCUT2D eigenvalue weighted by Gasteiger charge is -2.16. The molecule has 2 aliphatic heterocycles. The summed E-state index contributed by atoms with van der Waals surface area (Å²) in [7, 11) is 0. The highest BCUT2D eigenvalue weighted by Crippen LogP contribution is 2.33. The SMILES string of the molecule is O=C1N[C@H]2[C@H](CS[C@H]2CCCCCc2cn(Cc3ccc(I)cc3)nn2)N1. The molecule has 2 aliphatic rings. The molecule has 0 aliphatic carbocycles. The van der Waals surface area contributed by atoms with Gasteiger partial charge in [-0.05, 0) is 59.5 Å². The molecule has 2 saturated heterocycles. The number of amides is 2. The lowest BCUT2D eigenvalue weighted by molar-refractivity contribution is 0.247. The Bertz CT molecular complexity index is 781. The fraction of sp³-hybridized carbons (Fsp3) is 0.526. The number of aromatic nitrogens is 3. The van der Waals surface area contributed by atoms with Crippen molar-refractivity contribution in [3.63, 3.8) is 0 Å². The highest BCUT2D eigenvalue weighted by Gasteiger charge is 2.42. The third kappa shape index (κ3) is 4.96. The number of unbranched alkanes of at least 4 members (excludes halogenated alkanes) is 2. The van der Waals surface area contributed by atoms with Crippen LogP contribution in [-0.4, -0.2) is 44.1 Å². The minimum Gasteiger partial charge on any atom is -0.332 e. The lowest BCUT2D eigenvalue weighted by atomic mass is 10.0. The summed E-state index contributed by atoms with van der Waals surface area (Å²) in [5, 5.41) is 15.2. The first-order chi connectivity index (χ1) is 13.2. The minimum absolute atomic E-state index is 0.00336. The first-order valence-electron chi connectivity index (χ1n) is 9.49. The van der Waals surface area contributed by atoms with Crippen molar-refractivity contribution in [2.45, 2.75) is 56.0 Å². The largest absolute Gasteiger partial charge is 0.332 e. The molecule has 6 nitrogen and oxygen atoms in total. The summed E-state index contributed by atoms with van der Waals surface area (Å²) < 4.78 is 3.16. The van der Waals surface area contributed by atoms with Crippen LogP contribution >= 0.6 is 34.4 Å². The molecule has 0 bridgehead atoms.